The highest BCUT2D eigenvalue weighted by molar-refractivity contribution is 9.10. The van der Waals surface area contributed by atoms with Gasteiger partial charge < -0.3 is 13.7 Å². The van der Waals surface area contributed by atoms with Crippen molar-refractivity contribution in [1.29, 1.82) is 0 Å². The van der Waals surface area contributed by atoms with Gasteiger partial charge in [0.15, 0.2) is 8.32 Å². The minimum absolute atomic E-state index is 0.0627. The second-order valence-corrected chi connectivity index (χ2v) is 17.6. The average molecular weight is 576 g/mol. The predicted octanol–water partition coefficient (Wildman–Crippen LogP) is 9.04. The number of aliphatic imine (C=N–C) groups is 1. The molecule has 1 atom stereocenters. The first-order chi connectivity index (χ1) is 16.6. The summed E-state index contributed by atoms with van der Waals surface area (Å²) in [6.07, 6.45) is 4.49. The summed E-state index contributed by atoms with van der Waals surface area (Å²) < 4.78 is 15.9. The zero-order chi connectivity index (χ0) is 27.5. The Morgan fingerprint density at radius 1 is 1.22 bits per heavy atom. The second-order valence-electron chi connectivity index (χ2n) is 11.9. The number of ether oxygens (including phenoxy) is 1. The van der Waals surface area contributed by atoms with Gasteiger partial charge in [0.05, 0.1) is 17.5 Å². The van der Waals surface area contributed by atoms with Crippen molar-refractivity contribution in [3.63, 3.8) is 0 Å². The molecule has 1 aromatic heterocycles. The Morgan fingerprint density at radius 2 is 1.86 bits per heavy atom. The van der Waals surface area contributed by atoms with Gasteiger partial charge in [0.25, 0.3) is 0 Å². The minimum Gasteiger partial charge on any atom is -0.416 e. The molecular formula is C30H47BrN2O2Si. The van der Waals surface area contributed by atoms with Crippen LogP contribution in [0.1, 0.15) is 66.6 Å². The smallest absolute Gasteiger partial charge is 0.192 e. The van der Waals surface area contributed by atoms with Crippen LogP contribution in [-0.4, -0.2) is 38.9 Å². The standard InChI is InChI=1S/C30H47BrN2O2Si/c1-13-23(27(32-14-2)21(4)34-10)28-25(24-18-22(31)16-17-26(24)33(28)15-3)19-30(8,9)20-35-36(11,12)29(5,6)7/h13-14,16-18,21H,1,15,19-20H2,2-12H3/b27-23+,32-14-/t21-/m0/s1. The van der Waals surface area contributed by atoms with Gasteiger partial charge >= 0.3 is 0 Å². The van der Waals surface area contributed by atoms with Crippen molar-refractivity contribution < 1.29 is 9.16 Å². The Balaban J connectivity index is 2.79. The van der Waals surface area contributed by atoms with Crippen LogP contribution in [-0.2, 0) is 22.1 Å². The molecule has 36 heavy (non-hydrogen) atoms. The number of benzene rings is 1. The Morgan fingerprint density at radius 3 is 2.36 bits per heavy atom. The Bertz CT molecular complexity index is 1140. The monoisotopic (exact) mass is 574 g/mol. The molecule has 0 amide bonds. The zero-order valence-electron chi connectivity index (χ0n) is 24.4. The first-order valence-corrected chi connectivity index (χ1v) is 16.7. The van der Waals surface area contributed by atoms with Gasteiger partial charge in [0, 0.05) is 47.4 Å². The first-order valence-electron chi connectivity index (χ1n) is 13.0. The fourth-order valence-electron chi connectivity index (χ4n) is 4.30. The molecule has 6 heteroatoms. The Labute approximate surface area is 229 Å². The third-order valence-electron chi connectivity index (χ3n) is 7.47. The Kier molecular flexibility index (Phi) is 10.2. The van der Waals surface area contributed by atoms with E-state index in [1.165, 1.54) is 22.2 Å². The lowest BCUT2D eigenvalue weighted by atomic mass is 9.84. The summed E-state index contributed by atoms with van der Waals surface area (Å²) >= 11 is 3.72. The summed E-state index contributed by atoms with van der Waals surface area (Å²) in [5.74, 6) is 0. The number of allylic oxidation sites excluding steroid dienone is 2. The van der Waals surface area contributed by atoms with Crippen molar-refractivity contribution in [1.82, 2.24) is 4.57 Å². The second kappa shape index (κ2) is 11.9. The quantitative estimate of drug-likeness (QED) is 0.152. The third kappa shape index (κ3) is 6.69. The van der Waals surface area contributed by atoms with Gasteiger partial charge in [0.1, 0.15) is 0 Å². The summed E-state index contributed by atoms with van der Waals surface area (Å²) in [6, 6.07) is 6.57. The third-order valence-corrected chi connectivity index (χ3v) is 12.4. The molecule has 2 aromatic rings. The molecule has 0 saturated heterocycles. The fraction of sp³-hybridized carbons (Fsp3) is 0.567. The molecule has 0 N–H and O–H groups in total. The van der Waals surface area contributed by atoms with Crippen molar-refractivity contribution in [2.45, 2.75) is 92.6 Å². The zero-order valence-corrected chi connectivity index (χ0v) is 27.0. The van der Waals surface area contributed by atoms with Crippen LogP contribution < -0.4 is 0 Å². The lowest BCUT2D eigenvalue weighted by Gasteiger charge is -2.39. The minimum atomic E-state index is -1.86. The van der Waals surface area contributed by atoms with E-state index in [-0.39, 0.29) is 16.6 Å². The van der Waals surface area contributed by atoms with E-state index in [1.807, 2.05) is 26.1 Å². The summed E-state index contributed by atoms with van der Waals surface area (Å²) in [4.78, 5) is 4.76. The molecule has 0 spiro atoms. The first kappa shape index (κ1) is 30.7. The normalized spacial score (nSPS) is 15.0. The van der Waals surface area contributed by atoms with Gasteiger partial charge in [-0.1, -0.05) is 63.2 Å². The van der Waals surface area contributed by atoms with Gasteiger partial charge in [-0.3, -0.25) is 4.99 Å². The molecule has 0 saturated carbocycles. The number of hydrogen-bond acceptors (Lipinski definition) is 3. The van der Waals surface area contributed by atoms with Crippen LogP contribution in [0, 0.1) is 5.41 Å². The number of hydrogen-bond donors (Lipinski definition) is 0. The van der Waals surface area contributed by atoms with Crippen LogP contribution in [0.3, 0.4) is 0 Å². The van der Waals surface area contributed by atoms with Gasteiger partial charge in [0.2, 0.25) is 0 Å². The largest absolute Gasteiger partial charge is 0.416 e. The maximum Gasteiger partial charge on any atom is 0.192 e. The van der Waals surface area contributed by atoms with Crippen molar-refractivity contribution in [2.75, 3.05) is 13.7 Å². The number of aromatic nitrogens is 1. The lowest BCUT2D eigenvalue weighted by Crippen LogP contribution is -2.43. The maximum absolute atomic E-state index is 6.72. The van der Waals surface area contributed by atoms with Gasteiger partial charge in [-0.05, 0) is 74.5 Å². The highest BCUT2D eigenvalue weighted by Crippen LogP contribution is 2.41. The number of halogens is 1. The van der Waals surface area contributed by atoms with Gasteiger partial charge in [-0.2, -0.15) is 0 Å². The molecule has 0 aliphatic carbocycles. The molecule has 1 heterocycles. The van der Waals surface area contributed by atoms with E-state index in [0.717, 1.165) is 35.3 Å². The predicted molar refractivity (Wildman–Crippen MR) is 164 cm³/mol. The molecule has 0 aliphatic heterocycles. The van der Waals surface area contributed by atoms with Crippen molar-refractivity contribution in [3.05, 3.63) is 52.3 Å². The summed E-state index contributed by atoms with van der Waals surface area (Å²) in [7, 11) is -0.133. The van der Waals surface area contributed by atoms with Crippen LogP contribution in [0.5, 0.6) is 0 Å². The van der Waals surface area contributed by atoms with Crippen LogP contribution in [0.2, 0.25) is 18.1 Å². The molecule has 0 aliphatic rings. The molecular weight excluding hydrogens is 528 g/mol. The maximum atomic E-state index is 6.72. The number of aryl methyl sites for hydroxylation is 1. The van der Waals surface area contributed by atoms with Crippen molar-refractivity contribution in [2.24, 2.45) is 10.4 Å². The van der Waals surface area contributed by atoms with E-state index in [2.05, 4.69) is 99.9 Å². The number of rotatable bonds is 11. The van der Waals surface area contributed by atoms with Crippen molar-refractivity contribution in [3.8, 4) is 0 Å². The van der Waals surface area contributed by atoms with Gasteiger partial charge in [-0.15, -0.1) is 0 Å². The van der Waals surface area contributed by atoms with Gasteiger partial charge in [-0.25, -0.2) is 0 Å². The molecule has 0 fully saturated rings. The van der Waals surface area contributed by atoms with E-state index in [0.29, 0.717) is 0 Å². The van der Waals surface area contributed by atoms with Crippen LogP contribution in [0.4, 0.5) is 0 Å². The van der Waals surface area contributed by atoms with Crippen LogP contribution in [0.25, 0.3) is 16.5 Å². The van der Waals surface area contributed by atoms with Crippen LogP contribution in [0.15, 0.2) is 46.0 Å². The number of methoxy groups -OCH3 is 1. The average Bonchev–Trinajstić information content (AvgIpc) is 3.08. The molecule has 200 valence electrons. The van der Waals surface area contributed by atoms with E-state index >= 15 is 0 Å². The Hall–Kier alpha value is -1.47. The summed E-state index contributed by atoms with van der Waals surface area (Å²) in [6.45, 7) is 28.1. The molecule has 0 radical (unpaired) electrons. The lowest BCUT2D eigenvalue weighted by molar-refractivity contribution is 0.146. The van der Waals surface area contributed by atoms with Crippen LogP contribution >= 0.6 is 15.9 Å². The summed E-state index contributed by atoms with van der Waals surface area (Å²) in [5, 5.41) is 1.44. The summed E-state index contributed by atoms with van der Waals surface area (Å²) in [5.41, 5.74) is 5.55. The highest BCUT2D eigenvalue weighted by Gasteiger charge is 2.39. The SMILES string of the molecule is C=C/C(=C(\N=C/C)[C@H](C)OC)c1c(CC(C)(C)CO[Si](C)(C)C(C)(C)C)c2cc(Br)ccc2n1CC. The highest BCUT2D eigenvalue weighted by atomic mass is 79.9. The molecule has 2 rings (SSSR count). The van der Waals surface area contributed by atoms with E-state index in [9.17, 15) is 0 Å². The van der Waals surface area contributed by atoms with Crippen molar-refractivity contribution >= 4 is 46.9 Å². The number of fused-ring (bicyclic) bond motifs is 1. The fourth-order valence-corrected chi connectivity index (χ4v) is 5.85. The topological polar surface area (TPSA) is 35.8 Å². The number of nitrogens with zero attached hydrogens (tertiary/aromatic N) is 2. The van der Waals surface area contributed by atoms with E-state index in [1.54, 1.807) is 7.11 Å². The molecule has 1 aromatic carbocycles. The van der Waals surface area contributed by atoms with E-state index in [4.69, 9.17) is 14.2 Å². The molecule has 4 nitrogen and oxygen atoms in total. The molecule has 0 bridgehead atoms. The van der Waals surface area contributed by atoms with E-state index < -0.39 is 8.32 Å². The molecule has 0 unspecified atom stereocenters.